The van der Waals surface area contributed by atoms with Crippen LogP contribution in [0.2, 0.25) is 0 Å². The largest absolute Gasteiger partial charge is 0.507 e. The molecule has 2 aromatic heterocycles. The van der Waals surface area contributed by atoms with Crippen LogP contribution in [-0.2, 0) is 4.79 Å². The van der Waals surface area contributed by atoms with Gasteiger partial charge in [0.1, 0.15) is 17.4 Å². The van der Waals surface area contributed by atoms with E-state index in [1.54, 1.807) is 24.1 Å². The van der Waals surface area contributed by atoms with Crippen LogP contribution >= 0.6 is 0 Å². The third-order valence-electron chi connectivity index (χ3n) is 8.68. The maximum absolute atomic E-state index is 17.2. The molecule has 0 spiro atoms. The van der Waals surface area contributed by atoms with Crippen LogP contribution in [0.3, 0.4) is 0 Å². The van der Waals surface area contributed by atoms with Gasteiger partial charge in [0, 0.05) is 37.1 Å². The van der Waals surface area contributed by atoms with Crippen molar-refractivity contribution < 1.29 is 27.8 Å². The highest BCUT2D eigenvalue weighted by atomic mass is 19.1. The van der Waals surface area contributed by atoms with E-state index in [4.69, 9.17) is 4.74 Å². The van der Waals surface area contributed by atoms with E-state index in [-0.39, 0.29) is 65.9 Å². The quantitative estimate of drug-likeness (QED) is 0.283. The zero-order chi connectivity index (χ0) is 32.3. The van der Waals surface area contributed by atoms with Crippen LogP contribution in [0.15, 0.2) is 54.0 Å². The molecule has 11 heteroatoms. The van der Waals surface area contributed by atoms with Crippen molar-refractivity contribution in [1.82, 2.24) is 14.5 Å². The fourth-order valence-corrected chi connectivity index (χ4v) is 6.73. The summed E-state index contributed by atoms with van der Waals surface area (Å²) in [6.45, 7) is 11.7. The number of nitrogens with zero attached hydrogens (tertiary/aromatic N) is 4. The van der Waals surface area contributed by atoms with Crippen molar-refractivity contribution in [2.75, 3.05) is 24.6 Å². The van der Waals surface area contributed by atoms with Crippen LogP contribution in [-0.4, -0.2) is 57.2 Å². The fraction of sp³-hybridized carbons (Fsp3) is 0.324. The number of benzene rings is 2. The van der Waals surface area contributed by atoms with Gasteiger partial charge in [0.2, 0.25) is 11.7 Å². The number of carbonyl (C=O) groups excluding carboxylic acids is 1. The number of phenols is 1. The normalized spacial score (nSPS) is 18.0. The first-order valence-corrected chi connectivity index (χ1v) is 14.8. The molecule has 8 nitrogen and oxygen atoms in total. The third-order valence-corrected chi connectivity index (χ3v) is 8.68. The van der Waals surface area contributed by atoms with E-state index >= 15 is 13.2 Å². The minimum absolute atomic E-state index is 0.0272. The van der Waals surface area contributed by atoms with Crippen molar-refractivity contribution in [3.8, 4) is 28.3 Å². The molecule has 234 valence electrons. The Morgan fingerprint density at radius 2 is 1.89 bits per heavy atom. The number of pyridine rings is 2. The van der Waals surface area contributed by atoms with E-state index in [0.717, 1.165) is 22.8 Å². The lowest BCUT2D eigenvalue weighted by molar-refractivity contribution is -0.127. The Kier molecular flexibility index (Phi) is 7.58. The van der Waals surface area contributed by atoms with E-state index < -0.39 is 39.9 Å². The number of rotatable bonds is 4. The average Bonchev–Trinajstić information content (AvgIpc) is 3.19. The Bertz CT molecular complexity index is 1920. The minimum atomic E-state index is -1.22. The number of ether oxygens (including phenoxy) is 1. The lowest BCUT2D eigenvalue weighted by Crippen LogP contribution is -2.59. The van der Waals surface area contributed by atoms with Gasteiger partial charge in [-0.05, 0) is 55.7 Å². The van der Waals surface area contributed by atoms with Crippen molar-refractivity contribution in [2.45, 2.75) is 52.1 Å². The summed E-state index contributed by atoms with van der Waals surface area (Å²) in [4.78, 5) is 35.3. The lowest BCUT2D eigenvalue weighted by atomic mass is 9.96. The van der Waals surface area contributed by atoms with E-state index in [1.165, 1.54) is 12.1 Å². The summed E-state index contributed by atoms with van der Waals surface area (Å²) in [7, 11) is 0. The molecule has 0 bridgehead atoms. The standard InChI is InChI=1S/C34H33F3N4O4/c1-6-25(43)39-15-19(5)40-20(16-39)11-13-45-33-32(40)21-14-23(36)27(26-22(35)8-7-9-24(26)42)28(37)31(21)41(34(33)44)30-18(4)10-12-38-29(30)17(2)3/h6-10,12,14,17,19-20,42H,1,11,13,15-16H2,2-5H3. The molecule has 1 saturated heterocycles. The van der Waals surface area contributed by atoms with Gasteiger partial charge in [0.25, 0.3) is 5.56 Å². The highest BCUT2D eigenvalue weighted by Crippen LogP contribution is 2.46. The number of amides is 1. The summed E-state index contributed by atoms with van der Waals surface area (Å²) in [5, 5.41) is 10.6. The molecule has 0 aliphatic carbocycles. The van der Waals surface area contributed by atoms with E-state index in [1.807, 2.05) is 25.7 Å². The maximum Gasteiger partial charge on any atom is 0.300 e. The van der Waals surface area contributed by atoms with Crippen molar-refractivity contribution in [1.29, 1.82) is 0 Å². The Morgan fingerprint density at radius 3 is 2.58 bits per heavy atom. The molecule has 45 heavy (non-hydrogen) atoms. The first-order chi connectivity index (χ1) is 21.5. The van der Waals surface area contributed by atoms with Gasteiger partial charge in [0.15, 0.2) is 5.82 Å². The lowest BCUT2D eigenvalue weighted by Gasteiger charge is -2.46. The van der Waals surface area contributed by atoms with Crippen LogP contribution in [0.4, 0.5) is 18.9 Å². The van der Waals surface area contributed by atoms with Gasteiger partial charge in [-0.25, -0.2) is 13.2 Å². The number of hydrogen-bond donors (Lipinski definition) is 1. The Hall–Kier alpha value is -4.80. The topological polar surface area (TPSA) is 87.9 Å². The second kappa shape index (κ2) is 11.3. The number of halogens is 3. The van der Waals surface area contributed by atoms with Crippen molar-refractivity contribution in [3.05, 3.63) is 88.2 Å². The molecule has 2 aliphatic rings. The number of piperazine rings is 1. The number of fused-ring (bicyclic) bond motifs is 5. The van der Waals surface area contributed by atoms with Gasteiger partial charge >= 0.3 is 0 Å². The molecule has 2 aromatic carbocycles. The van der Waals surface area contributed by atoms with Crippen LogP contribution in [0.25, 0.3) is 27.7 Å². The number of anilines is 1. The molecule has 6 rings (SSSR count). The number of aromatic nitrogens is 2. The molecular weight excluding hydrogens is 585 g/mol. The molecule has 0 radical (unpaired) electrons. The monoisotopic (exact) mass is 618 g/mol. The second-order valence-corrected chi connectivity index (χ2v) is 11.9. The highest BCUT2D eigenvalue weighted by Gasteiger charge is 2.40. The van der Waals surface area contributed by atoms with Gasteiger partial charge < -0.3 is 19.6 Å². The predicted octanol–water partition coefficient (Wildman–Crippen LogP) is 5.98. The van der Waals surface area contributed by atoms with Gasteiger partial charge in [-0.2, -0.15) is 0 Å². The first-order valence-electron chi connectivity index (χ1n) is 14.8. The van der Waals surface area contributed by atoms with E-state index in [9.17, 15) is 14.7 Å². The zero-order valence-corrected chi connectivity index (χ0v) is 25.4. The third kappa shape index (κ3) is 4.72. The molecule has 1 amide bonds. The van der Waals surface area contributed by atoms with Gasteiger partial charge in [-0.3, -0.25) is 19.1 Å². The molecule has 0 saturated carbocycles. The number of hydrogen-bond acceptors (Lipinski definition) is 6. The fourth-order valence-electron chi connectivity index (χ4n) is 6.73. The Labute approximate surface area is 258 Å². The van der Waals surface area contributed by atoms with Gasteiger partial charge in [-0.15, -0.1) is 0 Å². The van der Waals surface area contributed by atoms with Crippen molar-refractivity contribution in [3.63, 3.8) is 0 Å². The minimum Gasteiger partial charge on any atom is -0.507 e. The summed E-state index contributed by atoms with van der Waals surface area (Å²) in [6, 6.07) is 5.39. The molecule has 2 aliphatic heterocycles. The Morgan fingerprint density at radius 1 is 1.13 bits per heavy atom. The summed E-state index contributed by atoms with van der Waals surface area (Å²) < 4.78 is 55.8. The molecule has 1 fully saturated rings. The average molecular weight is 619 g/mol. The zero-order valence-electron chi connectivity index (χ0n) is 25.4. The summed E-state index contributed by atoms with van der Waals surface area (Å²) in [5.74, 6) is -4.57. The molecule has 2 unspecified atom stereocenters. The molecule has 4 aromatic rings. The molecular formula is C34H33F3N4O4. The van der Waals surface area contributed by atoms with Crippen molar-refractivity contribution in [2.24, 2.45) is 0 Å². The number of carbonyl (C=O) groups is 1. The number of aromatic hydroxyl groups is 1. The second-order valence-electron chi connectivity index (χ2n) is 11.9. The first kappa shape index (κ1) is 30.2. The summed E-state index contributed by atoms with van der Waals surface area (Å²) >= 11 is 0. The van der Waals surface area contributed by atoms with Crippen LogP contribution < -0.4 is 15.2 Å². The predicted molar refractivity (Wildman–Crippen MR) is 166 cm³/mol. The molecule has 4 heterocycles. The van der Waals surface area contributed by atoms with Crippen LogP contribution in [0.5, 0.6) is 11.5 Å². The summed E-state index contributed by atoms with van der Waals surface area (Å²) in [6.07, 6.45) is 3.26. The Balaban J connectivity index is 1.77. The molecule has 1 N–H and O–H groups in total. The SMILES string of the molecule is C=CC(=O)N1CC(C)N2c3c(c(=O)n(-c4c(C)ccnc4C(C)C)c4c(F)c(-c5c(O)cccc5F)c(F)cc34)OCCC2C1. The maximum atomic E-state index is 17.2. The molecule has 2 atom stereocenters. The van der Waals surface area contributed by atoms with Crippen molar-refractivity contribution >= 4 is 22.5 Å². The van der Waals surface area contributed by atoms with Gasteiger partial charge in [0.05, 0.1) is 46.4 Å². The van der Waals surface area contributed by atoms with E-state index in [2.05, 4.69) is 11.6 Å². The highest BCUT2D eigenvalue weighted by molar-refractivity contribution is 6.00. The summed E-state index contributed by atoms with van der Waals surface area (Å²) in [5.41, 5.74) is -0.867. The number of aryl methyl sites for hydroxylation is 1. The smallest absolute Gasteiger partial charge is 0.300 e. The van der Waals surface area contributed by atoms with Crippen LogP contribution in [0, 0.1) is 24.4 Å². The van der Waals surface area contributed by atoms with Crippen LogP contribution in [0.1, 0.15) is 44.4 Å². The van der Waals surface area contributed by atoms with E-state index in [0.29, 0.717) is 23.4 Å². The number of phenolic OH excluding ortho intramolecular Hbond substituents is 1. The van der Waals surface area contributed by atoms with Gasteiger partial charge in [-0.1, -0.05) is 26.5 Å².